The third-order valence-corrected chi connectivity index (χ3v) is 4.83. The number of rotatable bonds is 6. The molecule has 1 fully saturated rings. The maximum absolute atomic E-state index is 12.6. The van der Waals surface area contributed by atoms with E-state index in [0.717, 1.165) is 11.3 Å². The zero-order chi connectivity index (χ0) is 20.1. The lowest BCUT2D eigenvalue weighted by Gasteiger charge is -2.38. The summed E-state index contributed by atoms with van der Waals surface area (Å²) in [5.74, 6) is 0.919. The van der Waals surface area contributed by atoms with E-state index in [9.17, 15) is 9.59 Å². The van der Waals surface area contributed by atoms with E-state index in [0.29, 0.717) is 38.7 Å². The Labute approximate surface area is 164 Å². The highest BCUT2D eigenvalue weighted by Crippen LogP contribution is 2.16. The first-order chi connectivity index (χ1) is 13.5. The summed E-state index contributed by atoms with van der Waals surface area (Å²) in [6.45, 7) is 5.91. The van der Waals surface area contributed by atoms with Gasteiger partial charge in [0, 0.05) is 26.6 Å². The van der Waals surface area contributed by atoms with Gasteiger partial charge in [-0.3, -0.25) is 14.5 Å². The number of oxazole rings is 1. The molecule has 1 aromatic carbocycles. The number of nitrogens with zero attached hydrogens (tertiary/aromatic N) is 3. The molecule has 1 aliphatic rings. The molecule has 2 aromatic rings. The monoisotopic (exact) mass is 386 g/mol. The van der Waals surface area contributed by atoms with Crippen molar-refractivity contribution in [2.75, 3.05) is 39.8 Å². The Morgan fingerprint density at radius 3 is 2.79 bits per heavy atom. The van der Waals surface area contributed by atoms with Crippen molar-refractivity contribution in [1.29, 1.82) is 0 Å². The molecule has 28 heavy (non-hydrogen) atoms. The van der Waals surface area contributed by atoms with Crippen molar-refractivity contribution >= 4 is 11.8 Å². The van der Waals surface area contributed by atoms with Crippen molar-refractivity contribution in [3.63, 3.8) is 0 Å². The molecule has 3 rings (SSSR count). The number of aryl methyl sites for hydroxylation is 2. The average molecular weight is 386 g/mol. The molecule has 150 valence electrons. The van der Waals surface area contributed by atoms with Crippen LogP contribution in [0.4, 0.5) is 0 Å². The van der Waals surface area contributed by atoms with E-state index in [1.165, 1.54) is 6.26 Å². The molecular formula is C20H26N4O4. The first-order valence-corrected chi connectivity index (χ1v) is 9.33. The number of nitrogens with one attached hydrogen (secondary N) is 1. The lowest BCUT2D eigenvalue weighted by atomic mass is 10.1. The topological polar surface area (TPSA) is 87.9 Å². The van der Waals surface area contributed by atoms with Gasteiger partial charge in [-0.1, -0.05) is 18.2 Å². The van der Waals surface area contributed by atoms with Crippen LogP contribution in [0, 0.1) is 13.8 Å². The third kappa shape index (κ3) is 4.69. The second-order valence-corrected chi connectivity index (χ2v) is 6.90. The zero-order valence-corrected chi connectivity index (χ0v) is 16.5. The second kappa shape index (κ2) is 8.88. The number of hydrogen-bond donors (Lipinski definition) is 1. The summed E-state index contributed by atoms with van der Waals surface area (Å²) in [7, 11) is 1.89. The lowest BCUT2D eigenvalue weighted by Crippen LogP contribution is -2.59. The van der Waals surface area contributed by atoms with Crippen LogP contribution in [-0.4, -0.2) is 72.5 Å². The number of carbonyl (C=O) groups is 2. The highest BCUT2D eigenvalue weighted by molar-refractivity contribution is 5.93. The predicted octanol–water partition coefficient (Wildman–Crippen LogP) is 1.24. The van der Waals surface area contributed by atoms with Crippen LogP contribution in [0.2, 0.25) is 0 Å². The standard InChI is InChI=1S/C20H26N4O4/c1-14-6-4-5-7-18(14)27-11-8-21-19(25)17-12-24(10-9-23(17)3)20(26)16-13-28-15(2)22-16/h4-7,13,17H,8-12H2,1-3H3,(H,21,25)/t17-/m1/s1. The van der Waals surface area contributed by atoms with Crippen LogP contribution in [0.1, 0.15) is 21.9 Å². The summed E-state index contributed by atoms with van der Waals surface area (Å²) >= 11 is 0. The van der Waals surface area contributed by atoms with Crippen molar-refractivity contribution in [2.45, 2.75) is 19.9 Å². The molecule has 0 spiro atoms. The molecule has 2 heterocycles. The van der Waals surface area contributed by atoms with Crippen LogP contribution < -0.4 is 10.1 Å². The third-order valence-electron chi connectivity index (χ3n) is 4.83. The largest absolute Gasteiger partial charge is 0.491 e. The average Bonchev–Trinajstić information content (AvgIpc) is 3.12. The first-order valence-electron chi connectivity index (χ1n) is 9.33. The molecule has 8 heteroatoms. The molecule has 0 saturated carbocycles. The molecule has 2 amide bonds. The summed E-state index contributed by atoms with van der Waals surface area (Å²) in [6.07, 6.45) is 1.36. The molecule has 1 saturated heterocycles. The van der Waals surface area contributed by atoms with Gasteiger partial charge in [0.15, 0.2) is 11.6 Å². The predicted molar refractivity (Wildman–Crippen MR) is 103 cm³/mol. The Morgan fingerprint density at radius 2 is 2.07 bits per heavy atom. The molecule has 1 atom stereocenters. The van der Waals surface area contributed by atoms with Crippen LogP contribution in [0.25, 0.3) is 0 Å². The number of piperazine rings is 1. The number of ether oxygens (including phenoxy) is 1. The van der Waals surface area contributed by atoms with Crippen LogP contribution in [0.5, 0.6) is 5.75 Å². The van der Waals surface area contributed by atoms with Crippen molar-refractivity contribution < 1.29 is 18.7 Å². The van der Waals surface area contributed by atoms with Crippen molar-refractivity contribution in [3.05, 3.63) is 47.7 Å². The van der Waals surface area contributed by atoms with Gasteiger partial charge in [0.25, 0.3) is 5.91 Å². The Kier molecular flexibility index (Phi) is 6.30. The van der Waals surface area contributed by atoms with E-state index in [2.05, 4.69) is 10.3 Å². The fourth-order valence-corrected chi connectivity index (χ4v) is 3.14. The molecule has 1 aliphatic heterocycles. The van der Waals surface area contributed by atoms with E-state index in [-0.39, 0.29) is 17.5 Å². The number of carbonyl (C=O) groups excluding carboxylic acids is 2. The van der Waals surface area contributed by atoms with Crippen LogP contribution in [0.3, 0.4) is 0 Å². The summed E-state index contributed by atoms with van der Waals surface area (Å²) in [5, 5.41) is 2.90. The molecule has 1 N–H and O–H groups in total. The number of benzene rings is 1. The Balaban J connectivity index is 1.50. The highest BCUT2D eigenvalue weighted by Gasteiger charge is 2.33. The van der Waals surface area contributed by atoms with Gasteiger partial charge in [0.05, 0.1) is 6.54 Å². The van der Waals surface area contributed by atoms with E-state index in [1.807, 2.05) is 43.1 Å². The fourth-order valence-electron chi connectivity index (χ4n) is 3.14. The molecule has 0 unspecified atom stereocenters. The maximum Gasteiger partial charge on any atom is 0.275 e. The van der Waals surface area contributed by atoms with E-state index in [4.69, 9.17) is 9.15 Å². The van der Waals surface area contributed by atoms with Gasteiger partial charge in [0.1, 0.15) is 24.7 Å². The minimum Gasteiger partial charge on any atom is -0.491 e. The SMILES string of the molecule is Cc1nc(C(=O)N2CCN(C)[C@@H](C(=O)NCCOc3ccccc3C)C2)co1. The zero-order valence-electron chi connectivity index (χ0n) is 16.5. The van der Waals surface area contributed by atoms with Gasteiger partial charge < -0.3 is 19.4 Å². The Hall–Kier alpha value is -2.87. The lowest BCUT2D eigenvalue weighted by molar-refractivity contribution is -0.127. The molecule has 0 aliphatic carbocycles. The highest BCUT2D eigenvalue weighted by atomic mass is 16.5. The minimum atomic E-state index is -0.413. The molecule has 0 radical (unpaired) electrons. The van der Waals surface area contributed by atoms with Crippen LogP contribution in [-0.2, 0) is 4.79 Å². The quantitative estimate of drug-likeness (QED) is 0.752. The summed E-state index contributed by atoms with van der Waals surface area (Å²) in [4.78, 5) is 32.9. The van der Waals surface area contributed by atoms with Crippen molar-refractivity contribution in [2.24, 2.45) is 0 Å². The Bertz CT molecular complexity index is 835. The summed E-state index contributed by atoms with van der Waals surface area (Å²) in [5.41, 5.74) is 1.32. The molecular weight excluding hydrogens is 360 g/mol. The second-order valence-electron chi connectivity index (χ2n) is 6.90. The summed E-state index contributed by atoms with van der Waals surface area (Å²) in [6, 6.07) is 7.34. The number of para-hydroxylation sites is 1. The fraction of sp³-hybridized carbons (Fsp3) is 0.450. The van der Waals surface area contributed by atoms with Gasteiger partial charge in [0.2, 0.25) is 5.91 Å². The van der Waals surface area contributed by atoms with E-state index >= 15 is 0 Å². The van der Waals surface area contributed by atoms with Gasteiger partial charge in [-0.05, 0) is 25.6 Å². The molecule has 0 bridgehead atoms. The maximum atomic E-state index is 12.6. The van der Waals surface area contributed by atoms with Crippen LogP contribution in [0.15, 0.2) is 34.9 Å². The van der Waals surface area contributed by atoms with Crippen molar-refractivity contribution in [3.8, 4) is 5.75 Å². The minimum absolute atomic E-state index is 0.121. The number of likely N-dealkylation sites (N-methyl/N-ethyl adjacent to an activating group) is 1. The number of aromatic nitrogens is 1. The number of amides is 2. The molecule has 1 aromatic heterocycles. The van der Waals surface area contributed by atoms with Gasteiger partial charge in [-0.25, -0.2) is 4.98 Å². The van der Waals surface area contributed by atoms with Crippen molar-refractivity contribution in [1.82, 2.24) is 20.1 Å². The smallest absolute Gasteiger partial charge is 0.275 e. The van der Waals surface area contributed by atoms with Gasteiger partial charge in [-0.15, -0.1) is 0 Å². The normalized spacial score (nSPS) is 17.4. The number of hydrogen-bond acceptors (Lipinski definition) is 6. The first kappa shape index (κ1) is 19.9. The van der Waals surface area contributed by atoms with E-state index in [1.54, 1.807) is 11.8 Å². The van der Waals surface area contributed by atoms with Crippen LogP contribution >= 0.6 is 0 Å². The van der Waals surface area contributed by atoms with Gasteiger partial charge in [-0.2, -0.15) is 0 Å². The Morgan fingerprint density at radius 1 is 1.29 bits per heavy atom. The molecule has 8 nitrogen and oxygen atoms in total. The summed E-state index contributed by atoms with van der Waals surface area (Å²) < 4.78 is 10.8. The van der Waals surface area contributed by atoms with Gasteiger partial charge >= 0.3 is 0 Å². The van der Waals surface area contributed by atoms with E-state index < -0.39 is 6.04 Å².